The van der Waals surface area contributed by atoms with Crippen molar-refractivity contribution in [1.82, 2.24) is 0 Å². The van der Waals surface area contributed by atoms with Crippen molar-refractivity contribution in [1.29, 1.82) is 0 Å². The molecule has 2 saturated heterocycles. The molecule has 2 atom stereocenters. The van der Waals surface area contributed by atoms with Gasteiger partial charge in [0.25, 0.3) is 0 Å². The first-order chi connectivity index (χ1) is 9.72. The first-order valence-corrected chi connectivity index (χ1v) is 9.68. The molecule has 3 rings (SSSR count). The lowest BCUT2D eigenvalue weighted by Crippen LogP contribution is -2.44. The van der Waals surface area contributed by atoms with Gasteiger partial charge >= 0.3 is 0 Å². The van der Waals surface area contributed by atoms with Gasteiger partial charge < -0.3 is 9.84 Å². The molecule has 0 bridgehead atoms. The number of hydrogen-bond donors (Lipinski definition) is 1. The van der Waals surface area contributed by atoms with Crippen LogP contribution < -0.4 is 0 Å². The second kappa shape index (κ2) is 6.39. The molecule has 1 N–H and O–H groups in total. The molecule has 1 spiro atoms. The quantitative estimate of drug-likeness (QED) is 0.913. The van der Waals surface area contributed by atoms with Crippen LogP contribution in [-0.4, -0.2) is 28.8 Å². The van der Waals surface area contributed by atoms with Crippen LogP contribution in [0.2, 0.25) is 0 Å². The monoisotopic (exact) mass is 312 g/mol. The standard InChI is InChI=1S/C16H24O2S2/c1-2-13-3-4-14(20-13)15(17)12-5-8-18-16(11-12)6-9-19-10-7-16/h3-4,12,15,17H,2,5-11H2,1H3. The Morgan fingerprint density at radius 2 is 2.20 bits per heavy atom. The summed E-state index contributed by atoms with van der Waals surface area (Å²) >= 11 is 3.81. The molecule has 2 aliphatic heterocycles. The van der Waals surface area contributed by atoms with Crippen molar-refractivity contribution in [3.63, 3.8) is 0 Å². The molecule has 3 heterocycles. The minimum absolute atomic E-state index is 0.0694. The van der Waals surface area contributed by atoms with Gasteiger partial charge in [-0.1, -0.05) is 6.92 Å². The average molecular weight is 312 g/mol. The van der Waals surface area contributed by atoms with E-state index in [0.29, 0.717) is 5.92 Å². The number of hydrogen-bond acceptors (Lipinski definition) is 4. The van der Waals surface area contributed by atoms with Gasteiger partial charge in [0.15, 0.2) is 0 Å². The van der Waals surface area contributed by atoms with Crippen LogP contribution in [0.3, 0.4) is 0 Å². The molecule has 2 fully saturated rings. The number of rotatable bonds is 3. The van der Waals surface area contributed by atoms with E-state index < -0.39 is 0 Å². The molecule has 2 nitrogen and oxygen atoms in total. The SMILES string of the molecule is CCc1ccc(C(O)C2CCOC3(CCSCC3)C2)s1. The summed E-state index contributed by atoms with van der Waals surface area (Å²) in [7, 11) is 0. The van der Waals surface area contributed by atoms with E-state index >= 15 is 0 Å². The van der Waals surface area contributed by atoms with Gasteiger partial charge in [0, 0.05) is 16.4 Å². The summed E-state index contributed by atoms with van der Waals surface area (Å²) in [5, 5.41) is 10.7. The van der Waals surface area contributed by atoms with Crippen molar-refractivity contribution in [2.24, 2.45) is 5.92 Å². The molecule has 1 aromatic heterocycles. The van der Waals surface area contributed by atoms with E-state index in [1.165, 1.54) is 16.4 Å². The van der Waals surface area contributed by atoms with Crippen LogP contribution in [0, 0.1) is 5.92 Å². The summed E-state index contributed by atoms with van der Waals surface area (Å²) in [5.74, 6) is 2.79. The molecule has 0 radical (unpaired) electrons. The van der Waals surface area contributed by atoms with E-state index in [9.17, 15) is 5.11 Å². The second-order valence-corrected chi connectivity index (χ2v) is 8.42. The van der Waals surface area contributed by atoms with Crippen LogP contribution in [0.4, 0.5) is 0 Å². The molecule has 0 aliphatic carbocycles. The Kier molecular flexibility index (Phi) is 4.75. The normalized spacial score (nSPS) is 27.6. The Balaban J connectivity index is 1.69. The van der Waals surface area contributed by atoms with Gasteiger partial charge in [-0.3, -0.25) is 0 Å². The summed E-state index contributed by atoms with van der Waals surface area (Å²) in [6, 6.07) is 4.28. The highest BCUT2D eigenvalue weighted by Crippen LogP contribution is 2.44. The van der Waals surface area contributed by atoms with Gasteiger partial charge in [-0.25, -0.2) is 0 Å². The molecule has 0 amide bonds. The first-order valence-electron chi connectivity index (χ1n) is 7.71. The topological polar surface area (TPSA) is 29.5 Å². The Labute approximate surface area is 129 Å². The van der Waals surface area contributed by atoms with Gasteiger partial charge in [-0.05, 0) is 61.7 Å². The van der Waals surface area contributed by atoms with Crippen molar-refractivity contribution < 1.29 is 9.84 Å². The summed E-state index contributed by atoms with van der Waals surface area (Å²) < 4.78 is 6.13. The van der Waals surface area contributed by atoms with Gasteiger partial charge in [0.1, 0.15) is 0 Å². The van der Waals surface area contributed by atoms with Crippen molar-refractivity contribution in [2.45, 2.75) is 50.7 Å². The molecule has 20 heavy (non-hydrogen) atoms. The zero-order valence-electron chi connectivity index (χ0n) is 12.1. The average Bonchev–Trinajstić information content (AvgIpc) is 2.96. The molecule has 1 aromatic rings. The second-order valence-electron chi connectivity index (χ2n) is 6.00. The zero-order chi connectivity index (χ0) is 14.0. The maximum Gasteiger partial charge on any atom is 0.0912 e. The van der Waals surface area contributed by atoms with Crippen LogP contribution in [0.25, 0.3) is 0 Å². The predicted molar refractivity (Wildman–Crippen MR) is 86.6 cm³/mol. The number of thiophene rings is 1. The Morgan fingerprint density at radius 1 is 1.40 bits per heavy atom. The molecule has 0 aromatic carbocycles. The van der Waals surface area contributed by atoms with E-state index in [4.69, 9.17) is 4.74 Å². The molecular weight excluding hydrogens is 288 g/mol. The molecule has 2 unspecified atom stereocenters. The number of aryl methyl sites for hydroxylation is 1. The smallest absolute Gasteiger partial charge is 0.0912 e. The number of aliphatic hydroxyl groups excluding tert-OH is 1. The maximum absolute atomic E-state index is 10.7. The highest BCUT2D eigenvalue weighted by Gasteiger charge is 2.41. The molecule has 112 valence electrons. The van der Waals surface area contributed by atoms with E-state index in [1.807, 2.05) is 11.8 Å². The lowest BCUT2D eigenvalue weighted by Gasteiger charge is -2.44. The summed E-state index contributed by atoms with van der Waals surface area (Å²) in [5.41, 5.74) is 0.0694. The molecule has 0 saturated carbocycles. The van der Waals surface area contributed by atoms with Crippen LogP contribution in [0.15, 0.2) is 12.1 Å². The number of thioether (sulfide) groups is 1. The predicted octanol–water partition coefficient (Wildman–Crippen LogP) is 4.04. The third-order valence-corrected chi connectivity index (χ3v) is 6.99. The summed E-state index contributed by atoms with van der Waals surface area (Å²) in [6.45, 7) is 2.99. The van der Waals surface area contributed by atoms with Gasteiger partial charge in [-0.15, -0.1) is 11.3 Å². The number of aliphatic hydroxyl groups is 1. The van der Waals surface area contributed by atoms with Gasteiger partial charge in [-0.2, -0.15) is 11.8 Å². The molecular formula is C16H24O2S2. The maximum atomic E-state index is 10.7. The first kappa shape index (κ1) is 14.9. The lowest BCUT2D eigenvalue weighted by atomic mass is 9.79. The van der Waals surface area contributed by atoms with Gasteiger partial charge in [0.05, 0.1) is 11.7 Å². The largest absolute Gasteiger partial charge is 0.387 e. The van der Waals surface area contributed by atoms with Crippen LogP contribution in [-0.2, 0) is 11.2 Å². The molecule has 4 heteroatoms. The fourth-order valence-electron chi connectivity index (χ4n) is 3.40. The Morgan fingerprint density at radius 3 is 2.90 bits per heavy atom. The van der Waals surface area contributed by atoms with Crippen LogP contribution >= 0.6 is 23.1 Å². The van der Waals surface area contributed by atoms with Crippen molar-refractivity contribution >= 4 is 23.1 Å². The number of ether oxygens (including phenoxy) is 1. The third kappa shape index (κ3) is 3.08. The van der Waals surface area contributed by atoms with Crippen molar-refractivity contribution in [3.8, 4) is 0 Å². The third-order valence-electron chi connectivity index (χ3n) is 4.70. The van der Waals surface area contributed by atoms with Crippen LogP contribution in [0.1, 0.15) is 48.5 Å². The zero-order valence-corrected chi connectivity index (χ0v) is 13.8. The summed E-state index contributed by atoms with van der Waals surface area (Å²) in [6.07, 6.45) is 5.11. The Bertz CT molecular complexity index is 432. The minimum Gasteiger partial charge on any atom is -0.387 e. The Hall–Kier alpha value is -0.0300. The summed E-state index contributed by atoms with van der Waals surface area (Å²) in [4.78, 5) is 2.52. The van der Waals surface area contributed by atoms with E-state index in [0.717, 1.165) is 43.6 Å². The fourth-order valence-corrected chi connectivity index (χ4v) is 5.67. The van der Waals surface area contributed by atoms with E-state index in [1.54, 1.807) is 11.3 Å². The van der Waals surface area contributed by atoms with E-state index in [2.05, 4.69) is 19.1 Å². The van der Waals surface area contributed by atoms with Crippen molar-refractivity contribution in [3.05, 3.63) is 21.9 Å². The van der Waals surface area contributed by atoms with Crippen LogP contribution in [0.5, 0.6) is 0 Å². The van der Waals surface area contributed by atoms with Gasteiger partial charge in [0.2, 0.25) is 0 Å². The minimum atomic E-state index is -0.296. The van der Waals surface area contributed by atoms with E-state index in [-0.39, 0.29) is 11.7 Å². The van der Waals surface area contributed by atoms with Crippen molar-refractivity contribution in [2.75, 3.05) is 18.1 Å². The highest BCUT2D eigenvalue weighted by molar-refractivity contribution is 7.99. The highest BCUT2D eigenvalue weighted by atomic mass is 32.2. The lowest BCUT2D eigenvalue weighted by molar-refractivity contribution is -0.120. The molecule has 2 aliphatic rings. The fraction of sp³-hybridized carbons (Fsp3) is 0.750.